The summed E-state index contributed by atoms with van der Waals surface area (Å²) in [5.74, 6) is -0.451. The van der Waals surface area contributed by atoms with E-state index in [9.17, 15) is 13.6 Å². The summed E-state index contributed by atoms with van der Waals surface area (Å²) in [6.45, 7) is 4.42. The van der Waals surface area contributed by atoms with Gasteiger partial charge in [-0.15, -0.1) is 0 Å². The fraction of sp³-hybridized carbons (Fsp3) is 0.222. The molecule has 0 saturated carbocycles. The van der Waals surface area contributed by atoms with Crippen LogP contribution < -0.4 is 16.0 Å². The van der Waals surface area contributed by atoms with Crippen LogP contribution in [0.2, 0.25) is 0 Å². The van der Waals surface area contributed by atoms with E-state index in [0.29, 0.717) is 18.2 Å². The molecule has 0 aliphatic rings. The van der Waals surface area contributed by atoms with Crippen LogP contribution in [-0.4, -0.2) is 38.6 Å². The van der Waals surface area contributed by atoms with Gasteiger partial charge in [-0.05, 0) is 26.0 Å². The van der Waals surface area contributed by atoms with Gasteiger partial charge in [-0.25, -0.2) is 28.5 Å². The first-order valence-electron chi connectivity index (χ1n) is 8.51. The normalized spacial score (nSPS) is 10.6. The van der Waals surface area contributed by atoms with E-state index in [1.54, 1.807) is 12.4 Å². The van der Waals surface area contributed by atoms with Crippen LogP contribution >= 0.6 is 0 Å². The Hall–Kier alpha value is -3.56. The third kappa shape index (κ3) is 4.40. The van der Waals surface area contributed by atoms with Crippen molar-refractivity contribution >= 4 is 17.5 Å². The van der Waals surface area contributed by atoms with E-state index in [4.69, 9.17) is 0 Å². The number of carbonyl (C=O) groups excluding carboxylic acids is 1. The van der Waals surface area contributed by atoms with Crippen molar-refractivity contribution in [2.45, 2.75) is 13.8 Å². The third-order valence-electron chi connectivity index (χ3n) is 4.07. The number of nitrogens with zero attached hydrogens (tertiary/aromatic N) is 4. The summed E-state index contributed by atoms with van der Waals surface area (Å²) in [4.78, 5) is 24.4. The highest BCUT2D eigenvalue weighted by Gasteiger charge is 2.11. The molecular weight excluding hydrogens is 368 g/mol. The Labute approximate surface area is 160 Å². The van der Waals surface area contributed by atoms with Crippen molar-refractivity contribution in [3.8, 4) is 5.82 Å². The molecule has 146 valence electrons. The van der Waals surface area contributed by atoms with E-state index in [1.165, 1.54) is 12.4 Å². The Kier molecular flexibility index (Phi) is 5.78. The predicted molar refractivity (Wildman–Crippen MR) is 100 cm³/mol. The number of para-hydroxylation sites is 1. The molecule has 28 heavy (non-hydrogen) atoms. The molecule has 0 saturated heterocycles. The maximum atomic E-state index is 13.5. The first-order valence-corrected chi connectivity index (χ1v) is 8.51. The second-order valence-electron chi connectivity index (χ2n) is 5.95. The Morgan fingerprint density at radius 1 is 1.11 bits per heavy atom. The lowest BCUT2D eigenvalue weighted by Crippen LogP contribution is -2.33. The van der Waals surface area contributed by atoms with Crippen molar-refractivity contribution in [3.63, 3.8) is 0 Å². The van der Waals surface area contributed by atoms with Crippen LogP contribution in [0.3, 0.4) is 0 Å². The number of urea groups is 1. The molecule has 0 bridgehead atoms. The molecule has 2 amide bonds. The zero-order valence-corrected chi connectivity index (χ0v) is 15.3. The maximum Gasteiger partial charge on any atom is 0.319 e. The molecule has 10 heteroatoms. The van der Waals surface area contributed by atoms with Gasteiger partial charge in [0.2, 0.25) is 0 Å². The Bertz CT molecular complexity index is 970. The molecule has 0 aliphatic heterocycles. The third-order valence-corrected chi connectivity index (χ3v) is 4.07. The Morgan fingerprint density at radius 3 is 2.54 bits per heavy atom. The molecule has 2 aromatic heterocycles. The van der Waals surface area contributed by atoms with Gasteiger partial charge in [-0.3, -0.25) is 4.57 Å². The van der Waals surface area contributed by atoms with Crippen molar-refractivity contribution in [1.29, 1.82) is 0 Å². The minimum Gasteiger partial charge on any atom is -0.368 e. The number of halogens is 2. The molecule has 2 heterocycles. The Balaban J connectivity index is 1.51. The number of hydrogen-bond donors (Lipinski definition) is 3. The number of anilines is 2. The lowest BCUT2D eigenvalue weighted by Gasteiger charge is -2.11. The molecule has 3 aromatic rings. The van der Waals surface area contributed by atoms with E-state index in [0.717, 1.165) is 23.5 Å². The van der Waals surface area contributed by atoms with Gasteiger partial charge in [-0.2, -0.15) is 0 Å². The summed E-state index contributed by atoms with van der Waals surface area (Å²) in [5.41, 5.74) is 1.40. The number of hydrogen-bond acceptors (Lipinski definition) is 5. The SMILES string of the molecule is Cc1ncn(-c2cc(NCCNC(=O)Nc3c(F)cccc3F)ncn2)c1C. The van der Waals surface area contributed by atoms with Gasteiger partial charge in [0.25, 0.3) is 0 Å². The second-order valence-corrected chi connectivity index (χ2v) is 5.95. The molecule has 0 radical (unpaired) electrons. The number of rotatable bonds is 6. The minimum absolute atomic E-state index is 0.213. The summed E-state index contributed by atoms with van der Waals surface area (Å²) in [6.07, 6.45) is 3.11. The lowest BCUT2D eigenvalue weighted by molar-refractivity contribution is 0.252. The van der Waals surface area contributed by atoms with Crippen molar-refractivity contribution in [3.05, 3.63) is 59.9 Å². The first kappa shape index (κ1) is 19.2. The molecule has 0 atom stereocenters. The van der Waals surface area contributed by atoms with Crippen LogP contribution in [0, 0.1) is 25.5 Å². The molecule has 1 aromatic carbocycles. The first-order chi connectivity index (χ1) is 13.5. The molecule has 0 aliphatic carbocycles. The fourth-order valence-corrected chi connectivity index (χ4v) is 2.45. The smallest absolute Gasteiger partial charge is 0.319 e. The van der Waals surface area contributed by atoms with Gasteiger partial charge in [0.15, 0.2) is 0 Å². The molecule has 8 nitrogen and oxygen atoms in total. The minimum atomic E-state index is -0.841. The average molecular weight is 387 g/mol. The highest BCUT2D eigenvalue weighted by molar-refractivity contribution is 5.89. The van der Waals surface area contributed by atoms with Gasteiger partial charge in [0.05, 0.1) is 5.69 Å². The highest BCUT2D eigenvalue weighted by atomic mass is 19.1. The topological polar surface area (TPSA) is 96.8 Å². The number of aromatic nitrogens is 4. The van der Waals surface area contributed by atoms with Crippen molar-refractivity contribution in [2.75, 3.05) is 23.7 Å². The van der Waals surface area contributed by atoms with E-state index >= 15 is 0 Å². The van der Waals surface area contributed by atoms with Gasteiger partial charge < -0.3 is 16.0 Å². The molecular formula is C18H19F2N7O. The number of amides is 2. The molecule has 0 spiro atoms. The predicted octanol–water partition coefficient (Wildman–Crippen LogP) is 2.79. The second kappa shape index (κ2) is 8.42. The zero-order chi connectivity index (χ0) is 20.1. The summed E-state index contributed by atoms with van der Waals surface area (Å²) < 4.78 is 28.9. The van der Waals surface area contributed by atoms with Crippen LogP contribution in [0.4, 0.5) is 25.1 Å². The average Bonchev–Trinajstić information content (AvgIpc) is 3.01. The lowest BCUT2D eigenvalue weighted by atomic mass is 10.3. The van der Waals surface area contributed by atoms with Crippen molar-refractivity contribution < 1.29 is 13.6 Å². The van der Waals surface area contributed by atoms with Crippen LogP contribution in [0.25, 0.3) is 5.82 Å². The van der Waals surface area contributed by atoms with Gasteiger partial charge in [-0.1, -0.05) is 6.07 Å². The van der Waals surface area contributed by atoms with Crippen LogP contribution in [0.1, 0.15) is 11.4 Å². The standard InChI is InChI=1S/C18H19F2N7O/c1-11-12(2)27(10-25-11)16-8-15(23-9-24-16)21-6-7-22-18(28)26-17-13(19)4-3-5-14(17)20/h3-5,8-10H,6-7H2,1-2H3,(H,21,23,24)(H2,22,26,28). The monoisotopic (exact) mass is 387 g/mol. The fourth-order valence-electron chi connectivity index (χ4n) is 2.45. The number of imidazole rings is 1. The number of nitrogens with one attached hydrogen (secondary N) is 3. The van der Waals surface area contributed by atoms with Crippen molar-refractivity contribution in [1.82, 2.24) is 24.8 Å². The molecule has 0 unspecified atom stereocenters. The van der Waals surface area contributed by atoms with E-state index in [2.05, 4.69) is 30.9 Å². The largest absolute Gasteiger partial charge is 0.368 e. The van der Waals surface area contributed by atoms with Crippen molar-refractivity contribution in [2.24, 2.45) is 0 Å². The molecule has 3 rings (SSSR count). The van der Waals surface area contributed by atoms with E-state index < -0.39 is 23.4 Å². The van der Waals surface area contributed by atoms with Gasteiger partial charge >= 0.3 is 6.03 Å². The number of aryl methyl sites for hydroxylation is 1. The number of carbonyl (C=O) groups is 1. The number of benzene rings is 1. The summed E-state index contributed by atoms with van der Waals surface area (Å²) in [7, 11) is 0. The van der Waals surface area contributed by atoms with E-state index in [1.807, 2.05) is 18.4 Å². The van der Waals surface area contributed by atoms with E-state index in [-0.39, 0.29) is 6.54 Å². The van der Waals surface area contributed by atoms with Crippen LogP contribution in [-0.2, 0) is 0 Å². The quantitative estimate of drug-likeness (QED) is 0.565. The van der Waals surface area contributed by atoms with Crippen LogP contribution in [0.5, 0.6) is 0 Å². The molecule has 0 fully saturated rings. The van der Waals surface area contributed by atoms with Gasteiger partial charge in [0.1, 0.15) is 41.6 Å². The summed E-state index contributed by atoms with van der Waals surface area (Å²) in [5, 5.41) is 7.71. The molecule has 3 N–H and O–H groups in total. The summed E-state index contributed by atoms with van der Waals surface area (Å²) >= 11 is 0. The summed E-state index contributed by atoms with van der Waals surface area (Å²) in [6, 6.07) is 4.40. The Morgan fingerprint density at radius 2 is 1.86 bits per heavy atom. The zero-order valence-electron chi connectivity index (χ0n) is 15.3. The van der Waals surface area contributed by atoms with Gasteiger partial charge in [0, 0.05) is 24.8 Å². The van der Waals surface area contributed by atoms with Crippen LogP contribution in [0.15, 0.2) is 36.9 Å². The maximum absolute atomic E-state index is 13.5. The highest BCUT2D eigenvalue weighted by Crippen LogP contribution is 2.17.